The van der Waals surface area contributed by atoms with Crippen molar-refractivity contribution in [2.75, 3.05) is 53.5 Å². The van der Waals surface area contributed by atoms with Crippen LogP contribution in [-0.4, -0.2) is 81.3 Å². The van der Waals surface area contributed by atoms with Gasteiger partial charge in [0.2, 0.25) is 0 Å². The molecule has 8 heteroatoms. The van der Waals surface area contributed by atoms with Gasteiger partial charge in [-0.15, -0.1) is 24.0 Å². The van der Waals surface area contributed by atoms with Crippen LogP contribution in [0.1, 0.15) is 24.0 Å². The number of benzene rings is 1. The van der Waals surface area contributed by atoms with Crippen LogP contribution in [0.15, 0.2) is 23.2 Å². The van der Waals surface area contributed by atoms with E-state index in [1.165, 1.54) is 11.1 Å². The summed E-state index contributed by atoms with van der Waals surface area (Å²) in [5.41, 5.74) is 2.42. The topological polar surface area (TPSA) is 66.4 Å². The molecule has 1 N–H and O–H groups in total. The number of carbonyl (C=O) groups is 1. The molecule has 0 saturated carbocycles. The van der Waals surface area contributed by atoms with Gasteiger partial charge in [0.05, 0.1) is 7.11 Å². The predicted octanol–water partition coefficient (Wildman–Crippen LogP) is 2.06. The quantitative estimate of drug-likeness (QED) is 0.369. The molecule has 1 aromatic rings. The molecule has 1 atom stereocenters. The molecule has 1 aromatic carbocycles. The number of piperazine rings is 1. The molecule has 2 aliphatic rings. The van der Waals surface area contributed by atoms with Gasteiger partial charge in [-0.2, -0.15) is 0 Å². The van der Waals surface area contributed by atoms with Gasteiger partial charge in [-0.3, -0.25) is 9.79 Å². The highest BCUT2D eigenvalue weighted by Crippen LogP contribution is 2.20. The number of hydrogen-bond donors (Lipinski definition) is 1. The first kappa shape index (κ1) is 23.7. The van der Waals surface area contributed by atoms with Crippen LogP contribution in [-0.2, 0) is 16.0 Å². The second-order valence-corrected chi connectivity index (χ2v) is 7.35. The minimum absolute atomic E-state index is 0. The van der Waals surface area contributed by atoms with E-state index < -0.39 is 0 Å². The van der Waals surface area contributed by atoms with Crippen LogP contribution < -0.4 is 10.1 Å². The number of nitrogens with one attached hydrogen (secondary N) is 1. The Morgan fingerprint density at radius 1 is 1.28 bits per heavy atom. The van der Waals surface area contributed by atoms with E-state index >= 15 is 0 Å². The molecular weight excluding hydrogens is 483 g/mol. The lowest BCUT2D eigenvalue weighted by Gasteiger charge is -2.37. The van der Waals surface area contributed by atoms with Crippen molar-refractivity contribution in [1.29, 1.82) is 0 Å². The number of halogens is 1. The molecule has 2 fully saturated rings. The minimum Gasteiger partial charge on any atom is -0.496 e. The number of rotatable bonds is 5. The second-order valence-electron chi connectivity index (χ2n) is 7.35. The van der Waals surface area contributed by atoms with Gasteiger partial charge in [-0.1, -0.05) is 17.7 Å². The third kappa shape index (κ3) is 6.21. The lowest BCUT2D eigenvalue weighted by Crippen LogP contribution is -2.55. The zero-order valence-corrected chi connectivity index (χ0v) is 20.0. The van der Waals surface area contributed by atoms with Crippen LogP contribution in [0.3, 0.4) is 0 Å². The van der Waals surface area contributed by atoms with Crippen molar-refractivity contribution in [3.8, 4) is 5.75 Å². The molecule has 2 heterocycles. The molecule has 0 aliphatic carbocycles. The number of ether oxygens (including phenoxy) is 2. The Hall–Kier alpha value is -1.55. The lowest BCUT2D eigenvalue weighted by atomic mass is 10.1. The summed E-state index contributed by atoms with van der Waals surface area (Å²) in [6.07, 6.45) is 2.47. The largest absolute Gasteiger partial charge is 0.496 e. The third-order valence-electron chi connectivity index (χ3n) is 5.42. The average molecular weight is 516 g/mol. The van der Waals surface area contributed by atoms with Crippen molar-refractivity contribution in [1.82, 2.24) is 15.1 Å². The minimum atomic E-state index is -0.228. The molecule has 1 amide bonds. The van der Waals surface area contributed by atoms with Crippen molar-refractivity contribution in [2.45, 2.75) is 32.3 Å². The highest BCUT2D eigenvalue weighted by molar-refractivity contribution is 14.0. The Kier molecular flexibility index (Phi) is 9.48. The molecular formula is C21H33IN4O3. The maximum absolute atomic E-state index is 12.5. The summed E-state index contributed by atoms with van der Waals surface area (Å²) >= 11 is 0. The normalized spacial score (nSPS) is 19.7. The van der Waals surface area contributed by atoms with Crippen molar-refractivity contribution < 1.29 is 14.3 Å². The fourth-order valence-electron chi connectivity index (χ4n) is 3.86. The Labute approximate surface area is 190 Å². The zero-order valence-electron chi connectivity index (χ0n) is 17.6. The molecule has 7 nitrogen and oxygen atoms in total. The maximum Gasteiger partial charge on any atom is 0.251 e. The summed E-state index contributed by atoms with van der Waals surface area (Å²) in [5.74, 6) is 1.95. The number of guanidine groups is 1. The lowest BCUT2D eigenvalue weighted by molar-refractivity contribution is -0.142. The fourth-order valence-corrected chi connectivity index (χ4v) is 3.86. The Morgan fingerprint density at radius 3 is 2.62 bits per heavy atom. The van der Waals surface area contributed by atoms with Crippen molar-refractivity contribution in [3.63, 3.8) is 0 Å². The molecule has 0 aromatic heterocycles. The van der Waals surface area contributed by atoms with Crippen LogP contribution >= 0.6 is 24.0 Å². The monoisotopic (exact) mass is 516 g/mol. The van der Waals surface area contributed by atoms with E-state index in [-0.39, 0.29) is 36.0 Å². The summed E-state index contributed by atoms with van der Waals surface area (Å²) in [7, 11) is 3.51. The third-order valence-corrected chi connectivity index (χ3v) is 5.42. The van der Waals surface area contributed by atoms with Gasteiger partial charge in [0.15, 0.2) is 5.96 Å². The first-order valence-electron chi connectivity index (χ1n) is 10.1. The Morgan fingerprint density at radius 2 is 2.00 bits per heavy atom. The zero-order chi connectivity index (χ0) is 19.9. The van der Waals surface area contributed by atoms with E-state index in [1.807, 2.05) is 11.0 Å². The van der Waals surface area contributed by atoms with Gasteiger partial charge in [0.1, 0.15) is 11.9 Å². The molecule has 2 saturated heterocycles. The Bertz CT molecular complexity index is 699. The first-order valence-corrected chi connectivity index (χ1v) is 10.1. The van der Waals surface area contributed by atoms with Crippen LogP contribution in [0, 0.1) is 6.92 Å². The van der Waals surface area contributed by atoms with E-state index in [4.69, 9.17) is 9.47 Å². The number of amides is 1. The van der Waals surface area contributed by atoms with Gasteiger partial charge in [-0.25, -0.2) is 0 Å². The van der Waals surface area contributed by atoms with Crippen LogP contribution in [0.25, 0.3) is 0 Å². The van der Waals surface area contributed by atoms with Gasteiger partial charge in [0, 0.05) is 46.4 Å². The molecule has 0 bridgehead atoms. The van der Waals surface area contributed by atoms with E-state index in [0.29, 0.717) is 19.7 Å². The molecule has 1 unspecified atom stereocenters. The van der Waals surface area contributed by atoms with Crippen molar-refractivity contribution >= 4 is 35.8 Å². The van der Waals surface area contributed by atoms with Gasteiger partial charge < -0.3 is 24.6 Å². The van der Waals surface area contributed by atoms with E-state index in [1.54, 1.807) is 14.2 Å². The SMILES string of the molecule is CN=C(NCCc1cc(C)ccc1OC)N1CCN(C(=O)C2CCCO2)CC1.I. The molecule has 0 radical (unpaired) electrons. The summed E-state index contributed by atoms with van der Waals surface area (Å²) in [6.45, 7) is 6.57. The number of aryl methyl sites for hydroxylation is 1. The second kappa shape index (κ2) is 11.6. The standard InChI is InChI=1S/C21H32N4O3.HI/c1-16-6-7-18(27-3)17(15-16)8-9-23-21(22-2)25-12-10-24(11-13-25)20(26)19-5-4-14-28-19;/h6-7,15,19H,4-5,8-14H2,1-3H3,(H,22,23);1H. The molecule has 162 valence electrons. The van der Waals surface area contributed by atoms with Crippen molar-refractivity contribution in [3.05, 3.63) is 29.3 Å². The average Bonchev–Trinajstić information content (AvgIpc) is 3.26. The Balaban J connectivity index is 0.00000300. The maximum atomic E-state index is 12.5. The number of hydrogen-bond acceptors (Lipinski definition) is 4. The van der Waals surface area contributed by atoms with E-state index in [9.17, 15) is 4.79 Å². The summed E-state index contributed by atoms with van der Waals surface area (Å²) in [5, 5.41) is 3.45. The number of aliphatic imine (C=N–C) groups is 1. The van der Waals surface area contributed by atoms with Gasteiger partial charge in [0.25, 0.3) is 5.91 Å². The molecule has 2 aliphatic heterocycles. The highest BCUT2D eigenvalue weighted by Gasteiger charge is 2.30. The molecule has 29 heavy (non-hydrogen) atoms. The van der Waals surface area contributed by atoms with Crippen molar-refractivity contribution in [2.24, 2.45) is 4.99 Å². The van der Waals surface area contributed by atoms with Crippen LogP contribution in [0.2, 0.25) is 0 Å². The summed E-state index contributed by atoms with van der Waals surface area (Å²) in [6, 6.07) is 6.24. The van der Waals surface area contributed by atoms with Gasteiger partial charge in [-0.05, 0) is 37.8 Å². The van der Waals surface area contributed by atoms with Crippen LogP contribution in [0.5, 0.6) is 5.75 Å². The smallest absolute Gasteiger partial charge is 0.251 e. The number of nitrogens with zero attached hydrogens (tertiary/aromatic N) is 3. The fraction of sp³-hybridized carbons (Fsp3) is 0.619. The predicted molar refractivity (Wildman–Crippen MR) is 125 cm³/mol. The van der Waals surface area contributed by atoms with Gasteiger partial charge >= 0.3 is 0 Å². The van der Waals surface area contributed by atoms with E-state index in [2.05, 4.69) is 34.3 Å². The number of methoxy groups -OCH3 is 1. The molecule has 3 rings (SSSR count). The molecule has 0 spiro atoms. The first-order chi connectivity index (χ1) is 13.6. The number of carbonyl (C=O) groups excluding carboxylic acids is 1. The summed E-state index contributed by atoms with van der Waals surface area (Å²) < 4.78 is 11.0. The van der Waals surface area contributed by atoms with E-state index in [0.717, 1.165) is 50.6 Å². The van der Waals surface area contributed by atoms with Crippen LogP contribution in [0.4, 0.5) is 0 Å². The summed E-state index contributed by atoms with van der Waals surface area (Å²) in [4.78, 5) is 21.1. The highest BCUT2D eigenvalue weighted by atomic mass is 127.